The summed E-state index contributed by atoms with van der Waals surface area (Å²) in [6.07, 6.45) is 2.06. The monoisotopic (exact) mass is 328 g/mol. The lowest BCUT2D eigenvalue weighted by Gasteiger charge is -2.26. The Hall–Kier alpha value is -0.970. The fraction of sp³-hybridized carbons (Fsp3) is 0.818. The number of rotatable bonds is 7. The van der Waals surface area contributed by atoms with Gasteiger partial charge in [-0.05, 0) is 31.1 Å². The molecular formula is C11H14F2O7S. The molecule has 0 heterocycles. The Morgan fingerprint density at radius 1 is 1.24 bits per heavy atom. The molecule has 2 fully saturated rings. The Labute approximate surface area is 122 Å². The second kappa shape index (κ2) is 6.42. The van der Waals surface area contributed by atoms with Crippen molar-refractivity contribution in [2.24, 2.45) is 23.7 Å². The largest absolute Gasteiger partial charge is 0.481 e. The highest BCUT2D eigenvalue weighted by Crippen LogP contribution is 2.52. The van der Waals surface area contributed by atoms with Crippen LogP contribution >= 0.6 is 12.0 Å². The van der Waals surface area contributed by atoms with Crippen molar-refractivity contribution in [3.63, 3.8) is 0 Å². The molecule has 0 amide bonds. The van der Waals surface area contributed by atoms with Crippen molar-refractivity contribution in [1.82, 2.24) is 0 Å². The van der Waals surface area contributed by atoms with Crippen LogP contribution < -0.4 is 0 Å². The molecule has 0 saturated heterocycles. The highest BCUT2D eigenvalue weighted by molar-refractivity contribution is 7.95. The van der Waals surface area contributed by atoms with Crippen LogP contribution in [0.15, 0.2) is 0 Å². The zero-order valence-electron chi connectivity index (χ0n) is 10.7. The smallest absolute Gasteiger partial charge is 0.354 e. The molecular weight excluding hydrogens is 314 g/mol. The van der Waals surface area contributed by atoms with E-state index in [0.29, 0.717) is 12.8 Å². The first-order valence-corrected chi connectivity index (χ1v) is 7.03. The Bertz CT molecular complexity index is 419. The van der Waals surface area contributed by atoms with Crippen LogP contribution in [0, 0.1) is 23.7 Å². The lowest BCUT2D eigenvalue weighted by molar-refractivity contribution is -0.433. The van der Waals surface area contributed by atoms with Crippen LogP contribution in [0.25, 0.3) is 0 Å². The molecule has 2 saturated carbocycles. The van der Waals surface area contributed by atoms with E-state index in [0.717, 1.165) is 6.42 Å². The number of alkyl halides is 2. The average molecular weight is 328 g/mol. The highest BCUT2D eigenvalue weighted by Gasteiger charge is 2.55. The summed E-state index contributed by atoms with van der Waals surface area (Å²) in [4.78, 5) is 23.1. The average Bonchev–Trinajstić information content (AvgIpc) is 3.03. The number of esters is 1. The van der Waals surface area contributed by atoms with Gasteiger partial charge in [-0.2, -0.15) is 8.78 Å². The summed E-state index contributed by atoms with van der Waals surface area (Å²) in [6.45, 7) is -1.29. The third-order valence-corrected chi connectivity index (χ3v) is 4.53. The van der Waals surface area contributed by atoms with Crippen molar-refractivity contribution in [1.29, 1.82) is 0 Å². The normalized spacial score (nSPS) is 31.4. The van der Waals surface area contributed by atoms with Gasteiger partial charge >= 0.3 is 17.2 Å². The number of aliphatic carboxylic acids is 1. The van der Waals surface area contributed by atoms with E-state index in [2.05, 4.69) is 14.1 Å². The predicted molar refractivity (Wildman–Crippen MR) is 63.7 cm³/mol. The summed E-state index contributed by atoms with van der Waals surface area (Å²) in [5, 5.41) is 16.4. The Kier molecular flexibility index (Phi) is 5.02. The predicted octanol–water partition coefficient (Wildman–Crippen LogP) is 1.94. The first kappa shape index (κ1) is 16.4. The van der Waals surface area contributed by atoms with Gasteiger partial charge < -0.3 is 9.84 Å². The molecule has 4 unspecified atom stereocenters. The Morgan fingerprint density at radius 2 is 1.86 bits per heavy atom. The SMILES string of the molecule is O=C(O)C1C2CCC(C2)C1C(=O)OCC(F)(F)SOOO. The molecule has 0 aromatic rings. The van der Waals surface area contributed by atoms with Gasteiger partial charge in [0.05, 0.1) is 11.8 Å². The van der Waals surface area contributed by atoms with Crippen molar-refractivity contribution in [3.8, 4) is 0 Å². The van der Waals surface area contributed by atoms with Crippen LogP contribution in [0.1, 0.15) is 19.3 Å². The number of carboxylic acids is 1. The molecule has 120 valence electrons. The van der Waals surface area contributed by atoms with E-state index in [9.17, 15) is 23.5 Å². The van der Waals surface area contributed by atoms with Gasteiger partial charge in [-0.15, -0.1) is 4.33 Å². The molecule has 2 rings (SSSR count). The van der Waals surface area contributed by atoms with E-state index < -0.39 is 47.7 Å². The third-order valence-electron chi connectivity index (χ3n) is 4.04. The van der Waals surface area contributed by atoms with E-state index in [4.69, 9.17) is 5.26 Å². The number of fused-ring (bicyclic) bond motifs is 2. The molecule has 2 aliphatic rings. The maximum absolute atomic E-state index is 13.2. The van der Waals surface area contributed by atoms with Crippen LogP contribution in [0.2, 0.25) is 0 Å². The second-order valence-electron chi connectivity index (χ2n) is 5.19. The summed E-state index contributed by atoms with van der Waals surface area (Å²) >= 11 is -0.513. The molecule has 2 N–H and O–H groups in total. The molecule has 0 aromatic carbocycles. The quantitative estimate of drug-likeness (QED) is 0.316. The molecule has 21 heavy (non-hydrogen) atoms. The van der Waals surface area contributed by atoms with Gasteiger partial charge in [0.15, 0.2) is 6.61 Å². The molecule has 2 aliphatic carbocycles. The zero-order chi connectivity index (χ0) is 15.6. The number of ether oxygens (including phenoxy) is 1. The topological polar surface area (TPSA) is 102 Å². The first-order valence-electron chi connectivity index (χ1n) is 6.29. The molecule has 0 spiro atoms. The first-order chi connectivity index (χ1) is 9.85. The van der Waals surface area contributed by atoms with Gasteiger partial charge in [-0.1, -0.05) is 5.04 Å². The van der Waals surface area contributed by atoms with Gasteiger partial charge in [-0.25, -0.2) is 5.26 Å². The van der Waals surface area contributed by atoms with Gasteiger partial charge in [0.25, 0.3) is 0 Å². The standard InChI is InChI=1S/C11H14F2O7S/c12-11(13,21-20-19-17)4-18-10(16)8-6-2-1-5(3-6)7(8)9(14)15/h5-8,17H,1-4H2,(H,14,15). The minimum Gasteiger partial charge on any atom is -0.481 e. The second-order valence-corrected chi connectivity index (χ2v) is 6.09. The van der Waals surface area contributed by atoms with E-state index in [-0.39, 0.29) is 11.8 Å². The van der Waals surface area contributed by atoms with Crippen molar-refractivity contribution < 1.29 is 42.8 Å². The molecule has 4 atom stereocenters. The van der Waals surface area contributed by atoms with Crippen LogP contribution in [-0.4, -0.2) is 34.2 Å². The van der Waals surface area contributed by atoms with E-state index in [1.807, 2.05) is 0 Å². The number of hydrogen-bond donors (Lipinski definition) is 2. The Morgan fingerprint density at radius 3 is 2.43 bits per heavy atom. The number of hydrogen-bond acceptors (Lipinski definition) is 7. The maximum Gasteiger partial charge on any atom is 0.354 e. The van der Waals surface area contributed by atoms with Crippen LogP contribution in [0.3, 0.4) is 0 Å². The van der Waals surface area contributed by atoms with Crippen molar-refractivity contribution in [3.05, 3.63) is 0 Å². The van der Waals surface area contributed by atoms with Crippen molar-refractivity contribution in [2.45, 2.75) is 24.5 Å². The molecule has 10 heteroatoms. The van der Waals surface area contributed by atoms with E-state index in [1.165, 1.54) is 0 Å². The minimum atomic E-state index is -3.62. The lowest BCUT2D eigenvalue weighted by atomic mass is 9.79. The molecule has 7 nitrogen and oxygen atoms in total. The highest BCUT2D eigenvalue weighted by atomic mass is 32.2. The molecule has 0 radical (unpaired) electrons. The summed E-state index contributed by atoms with van der Waals surface area (Å²) in [5.74, 6) is -3.98. The molecule has 0 aromatic heterocycles. The summed E-state index contributed by atoms with van der Waals surface area (Å²) in [5.41, 5.74) is 0. The van der Waals surface area contributed by atoms with Gasteiger partial charge in [-0.3, -0.25) is 9.59 Å². The summed E-state index contributed by atoms with van der Waals surface area (Å²) in [7, 11) is 0. The number of carbonyl (C=O) groups is 2. The fourth-order valence-corrected chi connectivity index (χ4v) is 3.56. The van der Waals surface area contributed by atoms with Gasteiger partial charge in [0.1, 0.15) is 12.0 Å². The van der Waals surface area contributed by atoms with Gasteiger partial charge in [0.2, 0.25) is 0 Å². The van der Waals surface area contributed by atoms with E-state index >= 15 is 0 Å². The van der Waals surface area contributed by atoms with Crippen LogP contribution in [0.5, 0.6) is 0 Å². The fourth-order valence-electron chi connectivity index (χ4n) is 3.33. The number of carbonyl (C=O) groups excluding carboxylic acids is 1. The lowest BCUT2D eigenvalue weighted by Crippen LogP contribution is -2.37. The third kappa shape index (κ3) is 3.62. The van der Waals surface area contributed by atoms with E-state index in [1.54, 1.807) is 0 Å². The summed E-state index contributed by atoms with van der Waals surface area (Å²) in [6, 6.07) is 0. The number of halogens is 2. The molecule has 2 bridgehead atoms. The maximum atomic E-state index is 13.2. The summed E-state index contributed by atoms with van der Waals surface area (Å²) < 4.78 is 34.4. The van der Waals surface area contributed by atoms with Crippen LogP contribution in [-0.2, 0) is 23.7 Å². The molecule has 0 aliphatic heterocycles. The van der Waals surface area contributed by atoms with Gasteiger partial charge in [0, 0.05) is 0 Å². The zero-order valence-corrected chi connectivity index (χ0v) is 11.6. The Balaban J connectivity index is 1.92. The van der Waals surface area contributed by atoms with Crippen molar-refractivity contribution in [2.75, 3.05) is 6.61 Å². The number of carboxylic acid groups (broad SMARTS) is 1. The van der Waals surface area contributed by atoms with Crippen molar-refractivity contribution >= 4 is 24.0 Å². The minimum absolute atomic E-state index is 0.0916. The van der Waals surface area contributed by atoms with Crippen LogP contribution in [0.4, 0.5) is 8.78 Å².